The van der Waals surface area contributed by atoms with Crippen molar-refractivity contribution in [3.8, 4) is 0 Å². The Morgan fingerprint density at radius 2 is 2.05 bits per heavy atom. The van der Waals surface area contributed by atoms with Crippen LogP contribution in [0.25, 0.3) is 0 Å². The van der Waals surface area contributed by atoms with Crippen LogP contribution >= 0.6 is 0 Å². The van der Waals surface area contributed by atoms with E-state index in [-0.39, 0.29) is 0 Å². The lowest BCUT2D eigenvalue weighted by Gasteiger charge is -2.33. The van der Waals surface area contributed by atoms with Gasteiger partial charge in [-0.3, -0.25) is 0 Å². The van der Waals surface area contributed by atoms with Crippen LogP contribution in [-0.2, 0) is 4.74 Å². The third-order valence-electron chi connectivity index (χ3n) is 3.55. The molecule has 0 radical (unpaired) electrons. The molecule has 2 heterocycles. The summed E-state index contributed by atoms with van der Waals surface area (Å²) in [7, 11) is 0. The summed E-state index contributed by atoms with van der Waals surface area (Å²) in [5.41, 5.74) is 1.14. The molecule has 0 atom stereocenters. The Morgan fingerprint density at radius 3 is 2.68 bits per heavy atom. The van der Waals surface area contributed by atoms with Crippen molar-refractivity contribution in [1.82, 2.24) is 9.97 Å². The molecule has 1 N–H and O–H groups in total. The Labute approximate surface area is 115 Å². The minimum Gasteiger partial charge on any atom is -0.378 e. The number of nitrogens with zero attached hydrogens (tertiary/aromatic N) is 3. The van der Waals surface area contributed by atoms with Gasteiger partial charge in [-0.15, -0.1) is 0 Å². The number of anilines is 2. The van der Waals surface area contributed by atoms with Gasteiger partial charge in [0.1, 0.15) is 18.0 Å². The van der Waals surface area contributed by atoms with Crippen LogP contribution in [0.2, 0.25) is 0 Å². The molecule has 0 aliphatic carbocycles. The number of hydrogen-bond acceptors (Lipinski definition) is 5. The second-order valence-corrected chi connectivity index (χ2v) is 4.84. The smallest absolute Gasteiger partial charge is 0.137 e. The Morgan fingerprint density at radius 1 is 1.32 bits per heavy atom. The van der Waals surface area contributed by atoms with E-state index < -0.39 is 0 Å². The number of ether oxygens (including phenoxy) is 1. The van der Waals surface area contributed by atoms with E-state index in [1.54, 1.807) is 6.33 Å². The van der Waals surface area contributed by atoms with Crippen LogP contribution < -0.4 is 10.2 Å². The summed E-state index contributed by atoms with van der Waals surface area (Å²) in [4.78, 5) is 11.1. The van der Waals surface area contributed by atoms with E-state index in [9.17, 15) is 0 Å². The summed E-state index contributed by atoms with van der Waals surface area (Å²) < 4.78 is 5.69. The van der Waals surface area contributed by atoms with Crippen molar-refractivity contribution in [2.24, 2.45) is 0 Å². The van der Waals surface area contributed by atoms with Gasteiger partial charge in [-0.05, 0) is 33.6 Å². The molecular formula is C14H24N4O. The van der Waals surface area contributed by atoms with Crippen molar-refractivity contribution in [3.63, 3.8) is 0 Å². The first-order valence-electron chi connectivity index (χ1n) is 7.18. The summed E-state index contributed by atoms with van der Waals surface area (Å²) in [5.74, 6) is 2.00. The Hall–Kier alpha value is -1.36. The maximum atomic E-state index is 5.69. The van der Waals surface area contributed by atoms with E-state index in [4.69, 9.17) is 4.74 Å². The van der Waals surface area contributed by atoms with Crippen molar-refractivity contribution in [2.75, 3.05) is 36.5 Å². The molecule has 0 spiro atoms. The first-order chi connectivity index (χ1) is 9.26. The summed E-state index contributed by atoms with van der Waals surface area (Å²) in [6.45, 7) is 9.92. The molecule has 0 amide bonds. The monoisotopic (exact) mass is 264 g/mol. The molecule has 0 unspecified atom stereocenters. The average Bonchev–Trinajstić information content (AvgIpc) is 2.43. The normalized spacial score (nSPS) is 16.7. The fourth-order valence-corrected chi connectivity index (χ4v) is 2.58. The molecule has 0 bridgehead atoms. The van der Waals surface area contributed by atoms with E-state index in [2.05, 4.69) is 41.0 Å². The minimum absolute atomic E-state index is 0.414. The fraction of sp³-hybridized carbons (Fsp3) is 0.714. The zero-order valence-corrected chi connectivity index (χ0v) is 12.1. The molecule has 19 heavy (non-hydrogen) atoms. The van der Waals surface area contributed by atoms with E-state index in [0.29, 0.717) is 6.10 Å². The predicted molar refractivity (Wildman–Crippen MR) is 77.8 cm³/mol. The fourth-order valence-electron chi connectivity index (χ4n) is 2.58. The number of rotatable bonds is 5. The molecule has 1 fully saturated rings. The van der Waals surface area contributed by atoms with Crippen molar-refractivity contribution < 1.29 is 4.74 Å². The van der Waals surface area contributed by atoms with E-state index in [0.717, 1.165) is 56.3 Å². The zero-order chi connectivity index (χ0) is 13.7. The van der Waals surface area contributed by atoms with Gasteiger partial charge in [0.2, 0.25) is 0 Å². The van der Waals surface area contributed by atoms with E-state index >= 15 is 0 Å². The molecule has 5 heteroatoms. The second kappa shape index (κ2) is 6.70. The topological polar surface area (TPSA) is 50.3 Å². The van der Waals surface area contributed by atoms with Gasteiger partial charge >= 0.3 is 0 Å². The molecule has 2 rings (SSSR count). The lowest BCUT2D eigenvalue weighted by molar-refractivity contribution is 0.0458. The van der Waals surface area contributed by atoms with Gasteiger partial charge < -0.3 is 15.0 Å². The Balaban J connectivity index is 2.05. The second-order valence-electron chi connectivity index (χ2n) is 4.84. The SMILES string of the molecule is CCNc1ncnc(N2CCC(OCC)CC2)c1C. The number of hydrogen-bond donors (Lipinski definition) is 1. The molecule has 1 aromatic heterocycles. The van der Waals surface area contributed by atoms with Gasteiger partial charge in [-0.1, -0.05) is 0 Å². The van der Waals surface area contributed by atoms with Gasteiger partial charge in [0.15, 0.2) is 0 Å². The summed E-state index contributed by atoms with van der Waals surface area (Å²) in [5, 5.41) is 3.28. The van der Waals surface area contributed by atoms with Crippen LogP contribution in [-0.4, -0.2) is 42.3 Å². The first-order valence-corrected chi connectivity index (χ1v) is 7.18. The highest BCUT2D eigenvalue weighted by Gasteiger charge is 2.22. The van der Waals surface area contributed by atoms with Crippen molar-refractivity contribution >= 4 is 11.6 Å². The molecule has 1 aliphatic rings. The number of aromatic nitrogens is 2. The van der Waals surface area contributed by atoms with Gasteiger partial charge in [0.25, 0.3) is 0 Å². The Bertz CT molecular complexity index is 402. The third-order valence-corrected chi connectivity index (χ3v) is 3.55. The van der Waals surface area contributed by atoms with E-state index in [1.807, 2.05) is 0 Å². The standard InChI is InChI=1S/C14H24N4O/c1-4-15-13-11(3)14(17-10-16-13)18-8-6-12(7-9-18)19-5-2/h10,12H,4-9H2,1-3H3,(H,15,16,17). The van der Waals surface area contributed by atoms with Gasteiger partial charge in [0.05, 0.1) is 6.10 Å². The molecule has 1 saturated heterocycles. The van der Waals surface area contributed by atoms with Crippen LogP contribution in [0.4, 0.5) is 11.6 Å². The van der Waals surface area contributed by atoms with Crippen LogP contribution in [0.5, 0.6) is 0 Å². The third kappa shape index (κ3) is 3.35. The highest BCUT2D eigenvalue weighted by atomic mass is 16.5. The van der Waals surface area contributed by atoms with Crippen molar-refractivity contribution in [1.29, 1.82) is 0 Å². The number of nitrogens with one attached hydrogen (secondary N) is 1. The molecule has 1 aliphatic heterocycles. The summed E-state index contributed by atoms with van der Waals surface area (Å²) in [6.07, 6.45) is 4.22. The van der Waals surface area contributed by atoms with Crippen LogP contribution in [0.1, 0.15) is 32.3 Å². The van der Waals surface area contributed by atoms with Gasteiger partial charge in [0, 0.05) is 31.8 Å². The molecule has 106 valence electrons. The molecule has 5 nitrogen and oxygen atoms in total. The molecule has 0 aromatic carbocycles. The highest BCUT2D eigenvalue weighted by molar-refractivity contribution is 5.58. The maximum Gasteiger partial charge on any atom is 0.137 e. The lowest BCUT2D eigenvalue weighted by Crippen LogP contribution is -2.38. The molecule has 1 aromatic rings. The van der Waals surface area contributed by atoms with Crippen LogP contribution in [0, 0.1) is 6.92 Å². The van der Waals surface area contributed by atoms with Crippen molar-refractivity contribution in [3.05, 3.63) is 11.9 Å². The van der Waals surface area contributed by atoms with Gasteiger partial charge in [-0.2, -0.15) is 0 Å². The quantitative estimate of drug-likeness (QED) is 0.883. The largest absolute Gasteiger partial charge is 0.378 e. The van der Waals surface area contributed by atoms with Crippen molar-refractivity contribution in [2.45, 2.75) is 39.7 Å². The van der Waals surface area contributed by atoms with E-state index in [1.165, 1.54) is 0 Å². The minimum atomic E-state index is 0.414. The first kappa shape index (κ1) is 14.1. The Kier molecular flexibility index (Phi) is 4.96. The lowest BCUT2D eigenvalue weighted by atomic mass is 10.1. The summed E-state index contributed by atoms with van der Waals surface area (Å²) >= 11 is 0. The van der Waals surface area contributed by atoms with Gasteiger partial charge in [-0.25, -0.2) is 9.97 Å². The van der Waals surface area contributed by atoms with Crippen LogP contribution in [0.3, 0.4) is 0 Å². The van der Waals surface area contributed by atoms with Crippen LogP contribution in [0.15, 0.2) is 6.33 Å². The molecular weight excluding hydrogens is 240 g/mol. The summed E-state index contributed by atoms with van der Waals surface area (Å²) in [6, 6.07) is 0. The number of piperidine rings is 1. The maximum absolute atomic E-state index is 5.69. The average molecular weight is 264 g/mol. The zero-order valence-electron chi connectivity index (χ0n) is 12.1. The highest BCUT2D eigenvalue weighted by Crippen LogP contribution is 2.25. The molecule has 0 saturated carbocycles. The predicted octanol–water partition coefficient (Wildman–Crippen LogP) is 2.22.